The second-order valence-electron chi connectivity index (χ2n) is 2.73. The summed E-state index contributed by atoms with van der Waals surface area (Å²) < 4.78 is 2.20. The third-order valence-corrected chi connectivity index (χ3v) is 1.46. The van der Waals surface area contributed by atoms with Crippen LogP contribution >= 0.6 is 0 Å². The van der Waals surface area contributed by atoms with Crippen molar-refractivity contribution in [2.24, 2.45) is 0 Å². The number of hydrogen-bond acceptors (Lipinski definition) is 0. The molecule has 1 nitrogen and oxygen atoms in total. The van der Waals surface area contributed by atoms with E-state index in [1.165, 1.54) is 5.56 Å². The van der Waals surface area contributed by atoms with Gasteiger partial charge in [0.1, 0.15) is 0 Å². The third kappa shape index (κ3) is 1.35. The Bertz CT molecular complexity index is 186. The maximum atomic E-state index is 2.20. The van der Waals surface area contributed by atoms with E-state index in [2.05, 4.69) is 43.8 Å². The molecule has 0 radical (unpaired) electrons. The van der Waals surface area contributed by atoms with Gasteiger partial charge in [0, 0.05) is 18.4 Å². The highest BCUT2D eigenvalue weighted by molar-refractivity contribution is 5.07. The van der Waals surface area contributed by atoms with Crippen LogP contribution < -0.4 is 0 Å². The fourth-order valence-corrected chi connectivity index (χ4v) is 0.846. The van der Waals surface area contributed by atoms with Crippen molar-refractivity contribution in [1.82, 2.24) is 4.57 Å². The molecule has 0 aromatic carbocycles. The average Bonchev–Trinajstić information content (AvgIpc) is 2.14. The van der Waals surface area contributed by atoms with Gasteiger partial charge in [0.25, 0.3) is 0 Å². The van der Waals surface area contributed by atoms with Crippen LogP contribution in [0.3, 0.4) is 0 Å². The Kier molecular flexibility index (Phi) is 1.60. The van der Waals surface area contributed by atoms with Crippen molar-refractivity contribution in [3.8, 4) is 0 Å². The van der Waals surface area contributed by atoms with Gasteiger partial charge in [-0.3, -0.25) is 0 Å². The minimum Gasteiger partial charge on any atom is -0.352 e. The highest BCUT2D eigenvalue weighted by atomic mass is 15.0. The normalized spacial score (nSPS) is 10.7. The Balaban J connectivity index is 2.85. The minimum atomic E-state index is 0.596. The van der Waals surface area contributed by atoms with Crippen LogP contribution in [-0.4, -0.2) is 4.57 Å². The molecular formula is C8H13N. The zero-order chi connectivity index (χ0) is 6.85. The van der Waals surface area contributed by atoms with Crippen LogP contribution in [0.25, 0.3) is 0 Å². The second kappa shape index (κ2) is 2.26. The molecule has 0 aliphatic heterocycles. The first kappa shape index (κ1) is 6.40. The smallest absolute Gasteiger partial charge is 0.0274 e. The zero-order valence-electron chi connectivity index (χ0n) is 6.26. The van der Waals surface area contributed by atoms with Crippen molar-refractivity contribution in [2.75, 3.05) is 0 Å². The van der Waals surface area contributed by atoms with E-state index in [9.17, 15) is 0 Å². The van der Waals surface area contributed by atoms with Crippen molar-refractivity contribution >= 4 is 0 Å². The van der Waals surface area contributed by atoms with Gasteiger partial charge in [-0.25, -0.2) is 0 Å². The van der Waals surface area contributed by atoms with Crippen LogP contribution in [-0.2, 0) is 0 Å². The summed E-state index contributed by atoms with van der Waals surface area (Å²) >= 11 is 0. The molecule has 1 rings (SSSR count). The Morgan fingerprint density at radius 3 is 2.33 bits per heavy atom. The molecule has 0 amide bonds. The minimum absolute atomic E-state index is 0.596. The molecule has 0 aliphatic carbocycles. The fraction of sp³-hybridized carbons (Fsp3) is 0.500. The van der Waals surface area contributed by atoms with Crippen molar-refractivity contribution in [3.05, 3.63) is 24.0 Å². The number of nitrogens with zero attached hydrogens (tertiary/aromatic N) is 1. The molecule has 50 valence electrons. The van der Waals surface area contributed by atoms with Gasteiger partial charge in [-0.05, 0) is 32.4 Å². The molecule has 1 aromatic heterocycles. The summed E-state index contributed by atoms with van der Waals surface area (Å²) in [5.41, 5.74) is 1.34. The van der Waals surface area contributed by atoms with Crippen molar-refractivity contribution in [3.63, 3.8) is 0 Å². The second-order valence-corrected chi connectivity index (χ2v) is 2.73. The summed E-state index contributed by atoms with van der Waals surface area (Å²) in [5.74, 6) is 0. The first-order valence-electron chi connectivity index (χ1n) is 3.34. The van der Waals surface area contributed by atoms with Crippen molar-refractivity contribution in [2.45, 2.75) is 26.8 Å². The maximum Gasteiger partial charge on any atom is 0.0274 e. The largest absolute Gasteiger partial charge is 0.352 e. The fourth-order valence-electron chi connectivity index (χ4n) is 0.846. The lowest BCUT2D eigenvalue weighted by Gasteiger charge is -2.04. The lowest BCUT2D eigenvalue weighted by Crippen LogP contribution is -1.95. The Hall–Kier alpha value is -0.720. The topological polar surface area (TPSA) is 4.93 Å². The number of hydrogen-bond donors (Lipinski definition) is 0. The van der Waals surface area contributed by atoms with Crippen LogP contribution in [0.5, 0.6) is 0 Å². The third-order valence-electron chi connectivity index (χ3n) is 1.46. The van der Waals surface area contributed by atoms with Crippen LogP contribution in [0.1, 0.15) is 25.5 Å². The number of aromatic nitrogens is 1. The van der Waals surface area contributed by atoms with E-state index in [4.69, 9.17) is 0 Å². The SMILES string of the molecule is Cc1ccn(C(C)C)c1. The molecule has 1 heterocycles. The predicted octanol–water partition coefficient (Wildman–Crippen LogP) is 2.38. The van der Waals surface area contributed by atoms with Gasteiger partial charge >= 0.3 is 0 Å². The summed E-state index contributed by atoms with van der Waals surface area (Å²) in [7, 11) is 0. The van der Waals surface area contributed by atoms with Gasteiger partial charge in [0.15, 0.2) is 0 Å². The zero-order valence-corrected chi connectivity index (χ0v) is 6.26. The molecule has 0 atom stereocenters. The molecule has 1 aromatic rings. The van der Waals surface area contributed by atoms with E-state index in [0.29, 0.717) is 6.04 Å². The predicted molar refractivity (Wildman–Crippen MR) is 39.6 cm³/mol. The van der Waals surface area contributed by atoms with Gasteiger partial charge in [0.05, 0.1) is 0 Å². The molecule has 0 aliphatic rings. The van der Waals surface area contributed by atoms with E-state index in [1.54, 1.807) is 0 Å². The van der Waals surface area contributed by atoms with Gasteiger partial charge in [0.2, 0.25) is 0 Å². The molecule has 0 saturated heterocycles. The molecule has 0 N–H and O–H groups in total. The van der Waals surface area contributed by atoms with E-state index in [0.717, 1.165) is 0 Å². The maximum absolute atomic E-state index is 2.20. The highest BCUT2D eigenvalue weighted by Crippen LogP contribution is 2.06. The summed E-state index contributed by atoms with van der Waals surface area (Å²) in [4.78, 5) is 0. The molecule has 0 fully saturated rings. The summed E-state index contributed by atoms with van der Waals surface area (Å²) in [6, 6.07) is 2.72. The van der Waals surface area contributed by atoms with Gasteiger partial charge in [-0.15, -0.1) is 0 Å². The summed E-state index contributed by atoms with van der Waals surface area (Å²) in [6.07, 6.45) is 4.27. The molecular weight excluding hydrogens is 110 g/mol. The molecule has 1 heteroatoms. The highest BCUT2D eigenvalue weighted by Gasteiger charge is 1.93. The van der Waals surface area contributed by atoms with Crippen LogP contribution in [0.15, 0.2) is 18.5 Å². The summed E-state index contributed by atoms with van der Waals surface area (Å²) in [5, 5.41) is 0. The average molecular weight is 123 g/mol. The Morgan fingerprint density at radius 1 is 1.44 bits per heavy atom. The van der Waals surface area contributed by atoms with Gasteiger partial charge < -0.3 is 4.57 Å². The summed E-state index contributed by atoms with van der Waals surface area (Å²) in [6.45, 7) is 6.47. The number of aryl methyl sites for hydroxylation is 1. The van der Waals surface area contributed by atoms with Gasteiger partial charge in [-0.1, -0.05) is 0 Å². The molecule has 9 heavy (non-hydrogen) atoms. The lowest BCUT2D eigenvalue weighted by molar-refractivity contribution is 0.603. The molecule has 0 bridgehead atoms. The quantitative estimate of drug-likeness (QED) is 0.540. The van der Waals surface area contributed by atoms with Crippen molar-refractivity contribution in [1.29, 1.82) is 0 Å². The monoisotopic (exact) mass is 123 g/mol. The lowest BCUT2D eigenvalue weighted by atomic mass is 10.4. The van der Waals surface area contributed by atoms with Crippen molar-refractivity contribution < 1.29 is 0 Å². The first-order valence-corrected chi connectivity index (χ1v) is 3.34. The Morgan fingerprint density at radius 2 is 2.11 bits per heavy atom. The van der Waals surface area contributed by atoms with E-state index >= 15 is 0 Å². The molecule has 0 saturated carbocycles. The first-order chi connectivity index (χ1) is 4.20. The van der Waals surface area contributed by atoms with E-state index < -0.39 is 0 Å². The van der Waals surface area contributed by atoms with Crippen LogP contribution in [0.4, 0.5) is 0 Å². The van der Waals surface area contributed by atoms with Gasteiger partial charge in [-0.2, -0.15) is 0 Å². The van der Waals surface area contributed by atoms with E-state index in [-0.39, 0.29) is 0 Å². The standard InChI is InChI=1S/C8H13N/c1-7(2)9-5-4-8(3)6-9/h4-7H,1-3H3. The van der Waals surface area contributed by atoms with E-state index in [1.807, 2.05) is 0 Å². The van der Waals surface area contributed by atoms with Crippen LogP contribution in [0, 0.1) is 6.92 Å². The molecule has 0 spiro atoms. The number of rotatable bonds is 1. The van der Waals surface area contributed by atoms with Crippen LogP contribution in [0.2, 0.25) is 0 Å². The molecule has 0 unspecified atom stereocenters. The Labute approximate surface area is 56.3 Å².